The zero-order valence-electron chi connectivity index (χ0n) is 8.82. The Bertz CT molecular complexity index is 506. The standard InChI is InChI=1S/C8H9Br2F2NO3S2/c9-6-3-5(8(10)17-6)18(15,16)13(1-2-14)4-7(11)12/h3,7,14H,1-2,4H2. The summed E-state index contributed by atoms with van der Waals surface area (Å²) in [4.78, 5) is -0.0894. The van der Waals surface area contributed by atoms with Crippen LogP contribution in [0.1, 0.15) is 0 Å². The molecule has 0 aromatic carbocycles. The Hall–Kier alpha value is 0.390. The smallest absolute Gasteiger partial charge is 0.252 e. The minimum Gasteiger partial charge on any atom is -0.395 e. The van der Waals surface area contributed by atoms with Crippen molar-refractivity contribution in [1.29, 1.82) is 0 Å². The lowest BCUT2D eigenvalue weighted by molar-refractivity contribution is 0.113. The quantitative estimate of drug-likeness (QED) is 0.757. The largest absolute Gasteiger partial charge is 0.395 e. The van der Waals surface area contributed by atoms with Gasteiger partial charge in [0.2, 0.25) is 10.0 Å². The van der Waals surface area contributed by atoms with Gasteiger partial charge in [0.15, 0.2) is 0 Å². The Morgan fingerprint density at radius 1 is 1.44 bits per heavy atom. The third-order valence-electron chi connectivity index (χ3n) is 1.93. The second kappa shape index (κ2) is 6.71. The van der Waals surface area contributed by atoms with Crippen molar-refractivity contribution < 1.29 is 22.3 Å². The third kappa shape index (κ3) is 3.94. The van der Waals surface area contributed by atoms with Gasteiger partial charge in [-0.15, -0.1) is 11.3 Å². The maximum Gasteiger partial charge on any atom is 0.252 e. The van der Waals surface area contributed by atoms with Gasteiger partial charge in [0.1, 0.15) is 4.90 Å². The van der Waals surface area contributed by atoms with Gasteiger partial charge in [-0.1, -0.05) is 0 Å². The average Bonchev–Trinajstić information content (AvgIpc) is 2.57. The summed E-state index contributed by atoms with van der Waals surface area (Å²) in [5.74, 6) is 0. The number of thiophene rings is 1. The number of halogens is 4. The highest BCUT2D eigenvalue weighted by molar-refractivity contribution is 9.12. The molecule has 0 aliphatic rings. The molecule has 0 aliphatic heterocycles. The van der Waals surface area contributed by atoms with Crippen LogP contribution in [-0.4, -0.2) is 44.0 Å². The summed E-state index contributed by atoms with van der Waals surface area (Å²) in [6, 6.07) is 1.33. The minimum atomic E-state index is -4.04. The second-order valence-electron chi connectivity index (χ2n) is 3.17. The number of sulfonamides is 1. The molecule has 0 bridgehead atoms. The summed E-state index contributed by atoms with van der Waals surface area (Å²) in [6.07, 6.45) is -2.80. The molecule has 1 heterocycles. The Labute approximate surface area is 124 Å². The van der Waals surface area contributed by atoms with E-state index in [2.05, 4.69) is 31.9 Å². The molecule has 0 unspecified atom stereocenters. The number of nitrogens with zero attached hydrogens (tertiary/aromatic N) is 1. The molecule has 0 fully saturated rings. The summed E-state index contributed by atoms with van der Waals surface area (Å²) in [5.41, 5.74) is 0. The Morgan fingerprint density at radius 2 is 2.06 bits per heavy atom. The first-order valence-corrected chi connectivity index (χ1v) is 8.47. The normalized spacial score (nSPS) is 12.6. The summed E-state index contributed by atoms with van der Waals surface area (Å²) in [7, 11) is -4.04. The van der Waals surface area contributed by atoms with E-state index in [1.165, 1.54) is 6.07 Å². The SMILES string of the molecule is O=S(=O)(c1cc(Br)sc1Br)N(CCO)CC(F)F. The van der Waals surface area contributed by atoms with Gasteiger partial charge in [-0.2, -0.15) is 4.31 Å². The molecular weight excluding hydrogens is 420 g/mol. The van der Waals surface area contributed by atoms with Gasteiger partial charge in [0.25, 0.3) is 6.43 Å². The van der Waals surface area contributed by atoms with Crippen molar-refractivity contribution in [3.05, 3.63) is 13.6 Å². The van der Waals surface area contributed by atoms with Crippen molar-refractivity contribution in [2.45, 2.75) is 11.3 Å². The molecule has 0 saturated heterocycles. The summed E-state index contributed by atoms with van der Waals surface area (Å²) in [5, 5.41) is 8.76. The van der Waals surface area contributed by atoms with E-state index in [9.17, 15) is 17.2 Å². The van der Waals surface area contributed by atoms with E-state index in [1.807, 2.05) is 0 Å². The maximum absolute atomic E-state index is 12.4. The first-order chi connectivity index (χ1) is 8.28. The van der Waals surface area contributed by atoms with Crippen LogP contribution >= 0.6 is 43.2 Å². The van der Waals surface area contributed by atoms with Crippen LogP contribution in [0.3, 0.4) is 0 Å². The molecule has 18 heavy (non-hydrogen) atoms. The molecule has 1 rings (SSSR count). The van der Waals surface area contributed by atoms with Crippen LogP contribution in [0.2, 0.25) is 0 Å². The van der Waals surface area contributed by atoms with Crippen LogP contribution in [0.25, 0.3) is 0 Å². The zero-order chi connectivity index (χ0) is 13.9. The lowest BCUT2D eigenvalue weighted by Crippen LogP contribution is -2.37. The Kier molecular flexibility index (Phi) is 6.13. The number of aliphatic hydroxyl groups excluding tert-OH is 1. The first-order valence-electron chi connectivity index (χ1n) is 4.63. The van der Waals surface area contributed by atoms with E-state index in [0.29, 0.717) is 11.9 Å². The highest BCUT2D eigenvalue weighted by Crippen LogP contribution is 2.36. The van der Waals surface area contributed by atoms with Crippen LogP contribution in [-0.2, 0) is 10.0 Å². The lowest BCUT2D eigenvalue weighted by Gasteiger charge is -2.20. The first kappa shape index (κ1) is 16.4. The predicted octanol–water partition coefficient (Wildman–Crippen LogP) is 2.52. The summed E-state index contributed by atoms with van der Waals surface area (Å²) in [6.45, 7) is -1.83. The maximum atomic E-state index is 12.4. The average molecular weight is 429 g/mol. The van der Waals surface area contributed by atoms with Crippen molar-refractivity contribution in [3.8, 4) is 0 Å². The van der Waals surface area contributed by atoms with E-state index in [0.717, 1.165) is 11.3 Å². The molecule has 10 heteroatoms. The van der Waals surface area contributed by atoms with Gasteiger partial charge >= 0.3 is 0 Å². The van der Waals surface area contributed by atoms with Crippen molar-refractivity contribution in [1.82, 2.24) is 4.31 Å². The molecule has 0 atom stereocenters. The molecule has 1 aromatic rings. The molecule has 1 N–H and O–H groups in total. The van der Waals surface area contributed by atoms with Crippen molar-refractivity contribution >= 4 is 53.2 Å². The molecule has 0 spiro atoms. The van der Waals surface area contributed by atoms with E-state index in [-0.39, 0.29) is 11.4 Å². The van der Waals surface area contributed by atoms with Crippen molar-refractivity contribution in [2.75, 3.05) is 19.7 Å². The fourth-order valence-corrected chi connectivity index (χ4v) is 6.39. The fourth-order valence-electron chi connectivity index (χ4n) is 1.22. The molecule has 0 saturated carbocycles. The highest BCUT2D eigenvalue weighted by Gasteiger charge is 2.29. The number of hydrogen-bond acceptors (Lipinski definition) is 4. The second-order valence-corrected chi connectivity index (χ2v) is 8.82. The van der Waals surface area contributed by atoms with Crippen LogP contribution in [0.4, 0.5) is 8.78 Å². The topological polar surface area (TPSA) is 57.6 Å². The van der Waals surface area contributed by atoms with Gasteiger partial charge in [0, 0.05) is 6.54 Å². The highest BCUT2D eigenvalue weighted by atomic mass is 79.9. The number of aliphatic hydroxyl groups is 1. The lowest BCUT2D eigenvalue weighted by atomic mass is 10.6. The molecule has 0 amide bonds. The van der Waals surface area contributed by atoms with Gasteiger partial charge < -0.3 is 5.11 Å². The predicted molar refractivity (Wildman–Crippen MR) is 71.6 cm³/mol. The summed E-state index contributed by atoms with van der Waals surface area (Å²) < 4.78 is 50.4. The fraction of sp³-hybridized carbons (Fsp3) is 0.500. The molecular formula is C8H9Br2F2NO3S2. The molecule has 1 aromatic heterocycles. The van der Waals surface area contributed by atoms with Gasteiger partial charge in [0.05, 0.1) is 20.7 Å². The van der Waals surface area contributed by atoms with E-state index in [1.54, 1.807) is 0 Å². The number of alkyl halides is 2. The van der Waals surface area contributed by atoms with E-state index >= 15 is 0 Å². The molecule has 4 nitrogen and oxygen atoms in total. The third-order valence-corrected chi connectivity index (χ3v) is 6.55. The number of rotatable bonds is 6. The minimum absolute atomic E-state index is 0.0894. The Morgan fingerprint density at radius 3 is 2.44 bits per heavy atom. The summed E-state index contributed by atoms with van der Waals surface area (Å²) >= 11 is 7.32. The number of hydrogen-bond donors (Lipinski definition) is 1. The van der Waals surface area contributed by atoms with Gasteiger partial charge in [-0.25, -0.2) is 17.2 Å². The van der Waals surface area contributed by atoms with Gasteiger partial charge in [-0.3, -0.25) is 0 Å². The van der Waals surface area contributed by atoms with Crippen LogP contribution in [0, 0.1) is 0 Å². The molecule has 104 valence electrons. The Balaban J connectivity index is 3.12. The van der Waals surface area contributed by atoms with Crippen LogP contribution in [0.5, 0.6) is 0 Å². The molecule has 0 radical (unpaired) electrons. The van der Waals surface area contributed by atoms with E-state index < -0.39 is 29.6 Å². The van der Waals surface area contributed by atoms with Crippen LogP contribution in [0.15, 0.2) is 18.5 Å². The van der Waals surface area contributed by atoms with Gasteiger partial charge in [-0.05, 0) is 37.9 Å². The van der Waals surface area contributed by atoms with Crippen LogP contribution < -0.4 is 0 Å². The zero-order valence-corrected chi connectivity index (χ0v) is 13.6. The van der Waals surface area contributed by atoms with Crippen molar-refractivity contribution in [2.24, 2.45) is 0 Å². The molecule has 0 aliphatic carbocycles. The monoisotopic (exact) mass is 427 g/mol. The van der Waals surface area contributed by atoms with E-state index in [4.69, 9.17) is 5.11 Å². The van der Waals surface area contributed by atoms with Crippen molar-refractivity contribution in [3.63, 3.8) is 0 Å².